The minimum atomic E-state index is -0.481. The van der Waals surface area contributed by atoms with Crippen molar-refractivity contribution < 1.29 is 18.9 Å². The van der Waals surface area contributed by atoms with Gasteiger partial charge in [-0.15, -0.1) is 0 Å². The molecular formula is C20H11BrN2O5S. The van der Waals surface area contributed by atoms with Crippen LogP contribution >= 0.6 is 27.7 Å². The lowest BCUT2D eigenvalue weighted by Gasteiger charge is -2.11. The van der Waals surface area contributed by atoms with Gasteiger partial charge in [-0.25, -0.2) is 4.90 Å². The number of rotatable bonds is 4. The SMILES string of the molecule is O=C1SC(=Cc2ccc(-c3ccc([N+](=O)[O-])cc3Br)o2)C(=O)N1c1ccccc1. The Bertz CT molecular complexity index is 1170. The van der Waals surface area contributed by atoms with Crippen molar-refractivity contribution in [3.8, 4) is 11.3 Å². The summed E-state index contributed by atoms with van der Waals surface area (Å²) in [5, 5.41) is 10.5. The van der Waals surface area contributed by atoms with E-state index in [1.807, 2.05) is 0 Å². The number of para-hydroxylation sites is 1. The molecule has 0 saturated carbocycles. The summed E-state index contributed by atoms with van der Waals surface area (Å²) in [7, 11) is 0. The summed E-state index contributed by atoms with van der Waals surface area (Å²) >= 11 is 4.15. The molecule has 1 aliphatic rings. The number of hydrogen-bond acceptors (Lipinski definition) is 6. The number of benzene rings is 2. The molecule has 0 unspecified atom stereocenters. The summed E-state index contributed by atoms with van der Waals surface area (Å²) < 4.78 is 6.28. The second-order valence-corrected chi connectivity index (χ2v) is 7.82. The molecule has 2 heterocycles. The third-order valence-electron chi connectivity index (χ3n) is 4.14. The number of carbonyl (C=O) groups is 2. The number of halogens is 1. The molecule has 3 aromatic rings. The molecule has 7 nitrogen and oxygen atoms in total. The molecule has 0 atom stereocenters. The standard InChI is InChI=1S/C20H11BrN2O5S/c21-16-10-13(23(26)27)6-8-15(16)17-9-7-14(28-17)11-18-19(24)22(20(25)29-18)12-4-2-1-3-5-12/h1-11H. The first kappa shape index (κ1) is 19.2. The lowest BCUT2D eigenvalue weighted by molar-refractivity contribution is -0.384. The largest absolute Gasteiger partial charge is 0.457 e. The van der Waals surface area contributed by atoms with Crippen LogP contribution in [0.5, 0.6) is 0 Å². The smallest absolute Gasteiger partial charge is 0.298 e. The van der Waals surface area contributed by atoms with Gasteiger partial charge < -0.3 is 4.42 Å². The predicted octanol–water partition coefficient (Wildman–Crippen LogP) is 5.86. The fraction of sp³-hybridized carbons (Fsp3) is 0. The summed E-state index contributed by atoms with van der Waals surface area (Å²) in [6, 6.07) is 16.4. The summed E-state index contributed by atoms with van der Waals surface area (Å²) in [5.41, 5.74) is 1.10. The van der Waals surface area contributed by atoms with E-state index in [-0.39, 0.29) is 15.8 Å². The van der Waals surface area contributed by atoms with Gasteiger partial charge in [-0.05, 0) is 58.0 Å². The topological polar surface area (TPSA) is 93.7 Å². The van der Waals surface area contributed by atoms with E-state index in [0.717, 1.165) is 16.7 Å². The lowest BCUT2D eigenvalue weighted by atomic mass is 10.1. The van der Waals surface area contributed by atoms with E-state index >= 15 is 0 Å². The number of nitro benzene ring substituents is 1. The van der Waals surface area contributed by atoms with Gasteiger partial charge in [0.25, 0.3) is 16.8 Å². The summed E-state index contributed by atoms with van der Waals surface area (Å²) in [6.07, 6.45) is 1.51. The monoisotopic (exact) mass is 470 g/mol. The Morgan fingerprint density at radius 1 is 1.07 bits per heavy atom. The predicted molar refractivity (Wildman–Crippen MR) is 113 cm³/mol. The van der Waals surface area contributed by atoms with Crippen LogP contribution in [0.1, 0.15) is 5.76 Å². The maximum absolute atomic E-state index is 12.7. The lowest BCUT2D eigenvalue weighted by Crippen LogP contribution is -2.27. The zero-order chi connectivity index (χ0) is 20.5. The van der Waals surface area contributed by atoms with Crippen LogP contribution in [0.25, 0.3) is 17.4 Å². The average molecular weight is 471 g/mol. The Labute approximate surface area is 177 Å². The third kappa shape index (κ3) is 3.74. The fourth-order valence-electron chi connectivity index (χ4n) is 2.79. The Balaban J connectivity index is 1.61. The van der Waals surface area contributed by atoms with Crippen LogP contribution in [0.3, 0.4) is 0 Å². The number of amides is 2. The van der Waals surface area contributed by atoms with Crippen LogP contribution in [0.4, 0.5) is 16.2 Å². The number of nitro groups is 1. The summed E-state index contributed by atoms with van der Waals surface area (Å²) in [6.45, 7) is 0. The number of imide groups is 1. The van der Waals surface area contributed by atoms with E-state index in [1.165, 1.54) is 18.2 Å². The molecule has 144 valence electrons. The number of nitrogens with zero attached hydrogens (tertiary/aromatic N) is 2. The van der Waals surface area contributed by atoms with Gasteiger partial charge >= 0.3 is 0 Å². The summed E-state index contributed by atoms with van der Waals surface area (Å²) in [4.78, 5) is 36.7. The van der Waals surface area contributed by atoms with Crippen LogP contribution in [0.2, 0.25) is 0 Å². The van der Waals surface area contributed by atoms with Crippen molar-refractivity contribution in [1.29, 1.82) is 0 Å². The van der Waals surface area contributed by atoms with Crippen LogP contribution < -0.4 is 4.90 Å². The number of furan rings is 1. The number of thioether (sulfide) groups is 1. The fourth-order valence-corrected chi connectivity index (χ4v) is 4.17. The van der Waals surface area contributed by atoms with Gasteiger partial charge in [0.2, 0.25) is 0 Å². The van der Waals surface area contributed by atoms with E-state index in [0.29, 0.717) is 27.2 Å². The van der Waals surface area contributed by atoms with Gasteiger partial charge in [-0.1, -0.05) is 18.2 Å². The van der Waals surface area contributed by atoms with Crippen LogP contribution in [0, 0.1) is 10.1 Å². The molecule has 0 aliphatic carbocycles. The molecule has 1 aromatic heterocycles. The molecule has 1 aliphatic heterocycles. The number of carbonyl (C=O) groups excluding carboxylic acids is 2. The van der Waals surface area contributed by atoms with E-state index in [2.05, 4.69) is 15.9 Å². The highest BCUT2D eigenvalue weighted by molar-refractivity contribution is 9.10. The van der Waals surface area contributed by atoms with Crippen molar-refractivity contribution in [2.45, 2.75) is 0 Å². The zero-order valence-electron chi connectivity index (χ0n) is 14.6. The average Bonchev–Trinajstić information content (AvgIpc) is 3.27. The Morgan fingerprint density at radius 2 is 1.83 bits per heavy atom. The first-order chi connectivity index (χ1) is 13.9. The molecule has 9 heteroatoms. The van der Waals surface area contributed by atoms with E-state index in [9.17, 15) is 19.7 Å². The van der Waals surface area contributed by atoms with Crippen LogP contribution in [-0.2, 0) is 4.79 Å². The van der Waals surface area contributed by atoms with Crippen molar-refractivity contribution in [1.82, 2.24) is 0 Å². The second-order valence-electron chi connectivity index (χ2n) is 5.98. The van der Waals surface area contributed by atoms with E-state index < -0.39 is 10.8 Å². The maximum Gasteiger partial charge on any atom is 0.298 e. The van der Waals surface area contributed by atoms with Crippen LogP contribution in [0.15, 0.2) is 74.5 Å². The normalized spacial score (nSPS) is 15.3. The highest BCUT2D eigenvalue weighted by Crippen LogP contribution is 2.37. The first-order valence-corrected chi connectivity index (χ1v) is 9.92. The van der Waals surface area contributed by atoms with Crippen molar-refractivity contribution in [3.05, 3.63) is 85.9 Å². The number of anilines is 1. The van der Waals surface area contributed by atoms with Crippen molar-refractivity contribution in [3.63, 3.8) is 0 Å². The minimum Gasteiger partial charge on any atom is -0.457 e. The molecular weight excluding hydrogens is 460 g/mol. The van der Waals surface area contributed by atoms with Crippen molar-refractivity contribution in [2.75, 3.05) is 4.90 Å². The number of hydrogen-bond donors (Lipinski definition) is 0. The van der Waals surface area contributed by atoms with Gasteiger partial charge in [0, 0.05) is 28.2 Å². The molecule has 0 N–H and O–H groups in total. The summed E-state index contributed by atoms with van der Waals surface area (Å²) in [5.74, 6) is 0.449. The molecule has 0 spiro atoms. The molecule has 1 fully saturated rings. The van der Waals surface area contributed by atoms with Crippen molar-refractivity contribution >= 4 is 56.3 Å². The Kier molecular flexibility index (Phi) is 5.08. The molecule has 4 rings (SSSR count). The maximum atomic E-state index is 12.7. The highest BCUT2D eigenvalue weighted by Gasteiger charge is 2.36. The molecule has 1 saturated heterocycles. The van der Waals surface area contributed by atoms with Crippen LogP contribution in [-0.4, -0.2) is 16.1 Å². The van der Waals surface area contributed by atoms with Gasteiger partial charge in [0.15, 0.2) is 0 Å². The van der Waals surface area contributed by atoms with E-state index in [4.69, 9.17) is 4.42 Å². The molecule has 2 amide bonds. The zero-order valence-corrected chi connectivity index (χ0v) is 17.0. The van der Waals surface area contributed by atoms with Gasteiger partial charge in [-0.3, -0.25) is 19.7 Å². The second kappa shape index (κ2) is 7.69. The molecule has 0 radical (unpaired) electrons. The Morgan fingerprint density at radius 3 is 2.52 bits per heavy atom. The van der Waals surface area contributed by atoms with Gasteiger partial charge in [0.05, 0.1) is 15.5 Å². The Hall–Kier alpha value is -3.17. The minimum absolute atomic E-state index is 0.0398. The highest BCUT2D eigenvalue weighted by atomic mass is 79.9. The third-order valence-corrected chi connectivity index (χ3v) is 5.66. The molecule has 2 aromatic carbocycles. The van der Waals surface area contributed by atoms with E-state index in [1.54, 1.807) is 48.5 Å². The quantitative estimate of drug-likeness (QED) is 0.269. The van der Waals surface area contributed by atoms with Gasteiger partial charge in [0.1, 0.15) is 11.5 Å². The van der Waals surface area contributed by atoms with Crippen molar-refractivity contribution in [2.24, 2.45) is 0 Å². The molecule has 29 heavy (non-hydrogen) atoms. The molecule has 0 bridgehead atoms. The number of non-ortho nitro benzene ring substituents is 1. The first-order valence-electron chi connectivity index (χ1n) is 8.31. The van der Waals surface area contributed by atoms with Gasteiger partial charge in [-0.2, -0.15) is 0 Å².